The monoisotopic (exact) mass is 386 g/mol. The number of aryl methyl sites for hydroxylation is 1. The average molecular weight is 387 g/mol. The fourth-order valence-corrected chi connectivity index (χ4v) is 3.20. The molecule has 1 atom stereocenters. The second kappa shape index (κ2) is 9.87. The topological polar surface area (TPSA) is 17.1 Å². The molecule has 3 rings (SSSR count). The third kappa shape index (κ3) is 5.55. The molecular weight excluding hydrogens is 364 g/mol. The molecule has 0 aliphatic rings. The van der Waals surface area contributed by atoms with Crippen molar-refractivity contribution in [3.8, 4) is 0 Å². The third-order valence-corrected chi connectivity index (χ3v) is 4.97. The molecule has 0 aromatic heterocycles. The summed E-state index contributed by atoms with van der Waals surface area (Å²) in [5.41, 5.74) is 4.39. The van der Waals surface area contributed by atoms with Gasteiger partial charge < -0.3 is 0 Å². The Hall–Kier alpha value is -2.90. The molecule has 0 amide bonds. The largest absolute Gasteiger partial charge is 0.294 e. The van der Waals surface area contributed by atoms with Crippen molar-refractivity contribution in [2.24, 2.45) is 0 Å². The molecule has 28 heavy (non-hydrogen) atoms. The molecule has 0 heterocycles. The van der Waals surface area contributed by atoms with E-state index in [9.17, 15) is 4.79 Å². The summed E-state index contributed by atoms with van der Waals surface area (Å²) >= 11 is 5.93. The van der Waals surface area contributed by atoms with E-state index in [0.717, 1.165) is 11.1 Å². The van der Waals surface area contributed by atoms with Gasteiger partial charge in [0.1, 0.15) is 0 Å². The molecule has 3 aromatic carbocycles. The van der Waals surface area contributed by atoms with Crippen LogP contribution in [-0.4, -0.2) is 5.78 Å². The summed E-state index contributed by atoms with van der Waals surface area (Å²) in [4.78, 5) is 12.9. The van der Waals surface area contributed by atoms with Crippen LogP contribution in [0.4, 0.5) is 0 Å². The van der Waals surface area contributed by atoms with Crippen LogP contribution in [0.25, 0.3) is 12.2 Å². The Morgan fingerprint density at radius 2 is 1.57 bits per heavy atom. The van der Waals surface area contributed by atoms with Crippen molar-refractivity contribution in [2.75, 3.05) is 0 Å². The number of carbonyl (C=O) groups excluding carboxylic acids is 1. The van der Waals surface area contributed by atoms with Crippen LogP contribution in [0.2, 0.25) is 5.02 Å². The van der Waals surface area contributed by atoms with E-state index >= 15 is 0 Å². The van der Waals surface area contributed by atoms with Gasteiger partial charge in [-0.15, -0.1) is 0 Å². The minimum atomic E-state index is -0.204. The number of carbonyl (C=O) groups is 1. The molecule has 0 radical (unpaired) electrons. The van der Waals surface area contributed by atoms with E-state index in [1.807, 2.05) is 72.8 Å². The van der Waals surface area contributed by atoms with Gasteiger partial charge in [0.15, 0.2) is 5.78 Å². The third-order valence-electron chi connectivity index (χ3n) is 4.71. The zero-order valence-corrected chi connectivity index (χ0v) is 16.6. The maximum absolute atomic E-state index is 12.9. The summed E-state index contributed by atoms with van der Waals surface area (Å²) in [5, 5.41) is 0.687. The van der Waals surface area contributed by atoms with E-state index in [1.165, 1.54) is 11.1 Å². The number of hydrogen-bond donors (Lipinski definition) is 0. The molecule has 140 valence electrons. The van der Waals surface area contributed by atoms with Crippen LogP contribution in [0.5, 0.6) is 0 Å². The Balaban J connectivity index is 1.78. The van der Waals surface area contributed by atoms with Crippen LogP contribution in [0.1, 0.15) is 34.6 Å². The number of halogens is 1. The standard InChI is InChI=1S/C26H23ClO/c1-20-8-5-6-9-22(20)12-7-13-25(23-10-3-2-4-11-23)26(28)19-16-21-14-17-24(27)18-15-21/h2-12,14-19,25H,13H2,1H3/b12-7+,19-16+. The number of hydrogen-bond acceptors (Lipinski definition) is 1. The molecule has 1 unspecified atom stereocenters. The molecule has 0 N–H and O–H groups in total. The van der Waals surface area contributed by atoms with Crippen LogP contribution >= 0.6 is 11.6 Å². The average Bonchev–Trinajstić information content (AvgIpc) is 2.72. The van der Waals surface area contributed by atoms with Gasteiger partial charge in [-0.2, -0.15) is 0 Å². The summed E-state index contributed by atoms with van der Waals surface area (Å²) in [6.07, 6.45) is 8.36. The van der Waals surface area contributed by atoms with Gasteiger partial charge in [-0.05, 0) is 53.8 Å². The molecule has 2 heteroatoms. The van der Waals surface area contributed by atoms with Crippen molar-refractivity contribution < 1.29 is 4.79 Å². The lowest BCUT2D eigenvalue weighted by Gasteiger charge is -2.12. The van der Waals surface area contributed by atoms with Crippen LogP contribution in [0.3, 0.4) is 0 Å². The first-order chi connectivity index (χ1) is 13.6. The smallest absolute Gasteiger partial charge is 0.163 e. The highest BCUT2D eigenvalue weighted by molar-refractivity contribution is 6.30. The minimum Gasteiger partial charge on any atom is -0.294 e. The van der Waals surface area contributed by atoms with E-state index in [1.54, 1.807) is 6.08 Å². The fourth-order valence-electron chi connectivity index (χ4n) is 3.08. The van der Waals surface area contributed by atoms with Gasteiger partial charge in [0.05, 0.1) is 5.92 Å². The molecule has 3 aromatic rings. The number of rotatable bonds is 7. The van der Waals surface area contributed by atoms with Gasteiger partial charge in [0, 0.05) is 5.02 Å². The Kier molecular flexibility index (Phi) is 7.00. The van der Waals surface area contributed by atoms with Crippen molar-refractivity contribution in [3.05, 3.63) is 118 Å². The van der Waals surface area contributed by atoms with E-state index < -0.39 is 0 Å². The predicted octanol–water partition coefficient (Wildman–Crippen LogP) is 7.12. The first-order valence-corrected chi connectivity index (χ1v) is 9.76. The second-order valence-electron chi connectivity index (χ2n) is 6.75. The van der Waals surface area contributed by atoms with E-state index in [4.69, 9.17) is 11.6 Å². The highest BCUT2D eigenvalue weighted by atomic mass is 35.5. The Labute approximate surface area is 172 Å². The SMILES string of the molecule is Cc1ccccc1/C=C/CC(C(=O)/C=C/c1ccc(Cl)cc1)c1ccccc1. The quantitative estimate of drug-likeness (QED) is 0.395. The van der Waals surface area contributed by atoms with Gasteiger partial charge in [0.2, 0.25) is 0 Å². The van der Waals surface area contributed by atoms with E-state index in [-0.39, 0.29) is 11.7 Å². The second-order valence-corrected chi connectivity index (χ2v) is 7.18. The zero-order valence-electron chi connectivity index (χ0n) is 15.9. The van der Waals surface area contributed by atoms with Crippen molar-refractivity contribution in [1.82, 2.24) is 0 Å². The van der Waals surface area contributed by atoms with E-state index in [2.05, 4.69) is 31.2 Å². The Morgan fingerprint density at radius 1 is 0.893 bits per heavy atom. The maximum Gasteiger partial charge on any atom is 0.163 e. The molecule has 0 saturated heterocycles. The first-order valence-electron chi connectivity index (χ1n) is 9.38. The predicted molar refractivity (Wildman–Crippen MR) is 120 cm³/mol. The highest BCUT2D eigenvalue weighted by Gasteiger charge is 2.16. The molecule has 0 aliphatic heterocycles. The summed E-state index contributed by atoms with van der Waals surface area (Å²) in [5.74, 6) is -0.111. The van der Waals surface area contributed by atoms with Crippen molar-refractivity contribution in [1.29, 1.82) is 0 Å². The molecule has 1 nitrogen and oxygen atoms in total. The van der Waals surface area contributed by atoms with Gasteiger partial charge in [-0.1, -0.05) is 96.6 Å². The van der Waals surface area contributed by atoms with Crippen molar-refractivity contribution >= 4 is 29.5 Å². The first kappa shape index (κ1) is 19.9. The van der Waals surface area contributed by atoms with E-state index in [0.29, 0.717) is 11.4 Å². The van der Waals surface area contributed by atoms with Crippen molar-refractivity contribution in [2.45, 2.75) is 19.3 Å². The van der Waals surface area contributed by atoms with Gasteiger partial charge >= 0.3 is 0 Å². The minimum absolute atomic E-state index is 0.0931. The van der Waals surface area contributed by atoms with Crippen LogP contribution < -0.4 is 0 Å². The number of benzene rings is 3. The lowest BCUT2D eigenvalue weighted by atomic mass is 9.90. The van der Waals surface area contributed by atoms with Crippen LogP contribution in [-0.2, 0) is 4.79 Å². The Bertz CT molecular complexity index is 969. The summed E-state index contributed by atoms with van der Waals surface area (Å²) in [6, 6.07) is 25.7. The molecule has 0 fully saturated rings. The number of allylic oxidation sites excluding steroid dienone is 2. The summed E-state index contributed by atoms with van der Waals surface area (Å²) in [7, 11) is 0. The van der Waals surface area contributed by atoms with Crippen LogP contribution in [0.15, 0.2) is 91.0 Å². The zero-order chi connectivity index (χ0) is 19.8. The number of ketones is 1. The maximum atomic E-state index is 12.9. The molecule has 0 bridgehead atoms. The normalized spacial score (nSPS) is 12.5. The fraction of sp³-hybridized carbons (Fsp3) is 0.115. The summed E-state index contributed by atoms with van der Waals surface area (Å²) in [6.45, 7) is 2.09. The molecular formula is C26H23ClO. The van der Waals surface area contributed by atoms with Gasteiger partial charge in [-0.25, -0.2) is 0 Å². The van der Waals surface area contributed by atoms with Gasteiger partial charge in [0.25, 0.3) is 0 Å². The van der Waals surface area contributed by atoms with Gasteiger partial charge in [-0.3, -0.25) is 4.79 Å². The lowest BCUT2D eigenvalue weighted by molar-refractivity contribution is -0.115. The summed E-state index contributed by atoms with van der Waals surface area (Å²) < 4.78 is 0. The van der Waals surface area contributed by atoms with Crippen LogP contribution in [0, 0.1) is 6.92 Å². The van der Waals surface area contributed by atoms with Crippen molar-refractivity contribution in [3.63, 3.8) is 0 Å². The molecule has 0 spiro atoms. The lowest BCUT2D eigenvalue weighted by Crippen LogP contribution is -2.09. The molecule has 0 aliphatic carbocycles. The highest BCUT2D eigenvalue weighted by Crippen LogP contribution is 2.23. The Morgan fingerprint density at radius 3 is 2.29 bits per heavy atom. The molecule has 0 saturated carbocycles.